The van der Waals surface area contributed by atoms with E-state index in [9.17, 15) is 14.9 Å². The van der Waals surface area contributed by atoms with Gasteiger partial charge in [-0.2, -0.15) is 0 Å². The highest BCUT2D eigenvalue weighted by Crippen LogP contribution is 2.29. The molecule has 0 radical (unpaired) electrons. The Labute approximate surface area is 129 Å². The van der Waals surface area contributed by atoms with E-state index in [2.05, 4.69) is 15.9 Å². The molecule has 21 heavy (non-hydrogen) atoms. The Balaban J connectivity index is 2.17. The van der Waals surface area contributed by atoms with Crippen molar-refractivity contribution in [3.8, 4) is 5.75 Å². The lowest BCUT2D eigenvalue weighted by Crippen LogP contribution is -2.00. The van der Waals surface area contributed by atoms with Gasteiger partial charge >= 0.3 is 0 Å². The first-order chi connectivity index (χ1) is 9.99. The summed E-state index contributed by atoms with van der Waals surface area (Å²) in [5.74, 6) is 0.498. The molecule has 0 N–H and O–H groups in total. The molecule has 0 amide bonds. The van der Waals surface area contributed by atoms with E-state index in [0.29, 0.717) is 21.3 Å². The van der Waals surface area contributed by atoms with Gasteiger partial charge in [-0.1, -0.05) is 24.3 Å². The lowest BCUT2D eigenvalue weighted by Gasteiger charge is -2.09. The van der Waals surface area contributed by atoms with Crippen LogP contribution in [0.1, 0.15) is 22.8 Å². The zero-order chi connectivity index (χ0) is 15.4. The average Bonchev–Trinajstić information content (AvgIpc) is 2.46. The van der Waals surface area contributed by atoms with Crippen LogP contribution in [0.2, 0.25) is 0 Å². The number of ether oxygens (including phenoxy) is 1. The number of halogens is 1. The maximum Gasteiger partial charge on any atom is 0.283 e. The van der Waals surface area contributed by atoms with Crippen molar-refractivity contribution in [2.75, 3.05) is 0 Å². The Morgan fingerprint density at radius 2 is 2.00 bits per heavy atom. The Kier molecular flexibility index (Phi) is 4.70. The number of nitro benzene ring substituents is 1. The highest BCUT2D eigenvalue weighted by atomic mass is 79.9. The van der Waals surface area contributed by atoms with Crippen LogP contribution in [0.3, 0.4) is 0 Å². The molecule has 0 saturated carbocycles. The molecule has 2 aromatic carbocycles. The second-order valence-corrected chi connectivity index (χ2v) is 5.17. The van der Waals surface area contributed by atoms with Crippen molar-refractivity contribution in [1.82, 2.24) is 0 Å². The fourth-order valence-corrected chi connectivity index (χ4v) is 2.31. The van der Waals surface area contributed by atoms with Gasteiger partial charge in [-0.05, 0) is 35.0 Å². The number of rotatable bonds is 5. The van der Waals surface area contributed by atoms with Crippen molar-refractivity contribution in [1.29, 1.82) is 0 Å². The number of nitro groups is 1. The second-order valence-electron chi connectivity index (χ2n) is 4.38. The SMILES string of the molecule is CC(=O)c1cccc(OCc2cccc([N+](=O)[O-])c2Br)c1. The van der Waals surface area contributed by atoms with Gasteiger partial charge < -0.3 is 4.74 Å². The maximum absolute atomic E-state index is 11.3. The molecule has 0 aromatic heterocycles. The fraction of sp³-hybridized carbons (Fsp3) is 0.133. The van der Waals surface area contributed by atoms with Gasteiger partial charge in [-0.3, -0.25) is 14.9 Å². The molecular weight excluding hydrogens is 338 g/mol. The molecular formula is C15H12BrNO4. The van der Waals surface area contributed by atoms with Crippen LogP contribution in [0.4, 0.5) is 5.69 Å². The molecule has 0 aliphatic carbocycles. The van der Waals surface area contributed by atoms with Gasteiger partial charge in [-0.25, -0.2) is 0 Å². The summed E-state index contributed by atoms with van der Waals surface area (Å²) >= 11 is 3.22. The van der Waals surface area contributed by atoms with Crippen LogP contribution in [0.15, 0.2) is 46.9 Å². The third-order valence-electron chi connectivity index (χ3n) is 2.89. The predicted octanol–water partition coefficient (Wildman–Crippen LogP) is 4.14. The van der Waals surface area contributed by atoms with Crippen LogP contribution in [0.25, 0.3) is 0 Å². The summed E-state index contributed by atoms with van der Waals surface area (Å²) in [6, 6.07) is 11.6. The molecule has 0 fully saturated rings. The van der Waals surface area contributed by atoms with E-state index in [4.69, 9.17) is 4.74 Å². The topological polar surface area (TPSA) is 69.4 Å². The summed E-state index contributed by atoms with van der Waals surface area (Å²) in [5.41, 5.74) is 1.22. The lowest BCUT2D eigenvalue weighted by atomic mass is 10.1. The van der Waals surface area contributed by atoms with E-state index in [0.717, 1.165) is 0 Å². The highest BCUT2D eigenvalue weighted by Gasteiger charge is 2.15. The summed E-state index contributed by atoms with van der Waals surface area (Å²) < 4.78 is 5.99. The van der Waals surface area contributed by atoms with E-state index < -0.39 is 4.92 Å². The minimum atomic E-state index is -0.454. The summed E-state index contributed by atoms with van der Waals surface area (Å²) in [6.07, 6.45) is 0. The summed E-state index contributed by atoms with van der Waals surface area (Å²) in [4.78, 5) is 21.7. The quantitative estimate of drug-likeness (QED) is 0.462. The van der Waals surface area contributed by atoms with Crippen LogP contribution >= 0.6 is 15.9 Å². The third-order valence-corrected chi connectivity index (χ3v) is 3.81. The average molecular weight is 350 g/mol. The van der Waals surface area contributed by atoms with Gasteiger partial charge in [-0.15, -0.1) is 0 Å². The molecule has 0 spiro atoms. The number of nitrogens with zero attached hydrogens (tertiary/aromatic N) is 1. The van der Waals surface area contributed by atoms with Crippen molar-refractivity contribution in [2.24, 2.45) is 0 Å². The number of hydrogen-bond donors (Lipinski definition) is 0. The predicted molar refractivity (Wildman–Crippen MR) is 81.6 cm³/mol. The zero-order valence-electron chi connectivity index (χ0n) is 11.2. The van der Waals surface area contributed by atoms with E-state index >= 15 is 0 Å². The van der Waals surface area contributed by atoms with Crippen LogP contribution in [0.5, 0.6) is 5.75 Å². The Morgan fingerprint density at radius 1 is 1.29 bits per heavy atom. The minimum Gasteiger partial charge on any atom is -0.489 e. The van der Waals surface area contributed by atoms with Crippen LogP contribution in [0, 0.1) is 10.1 Å². The van der Waals surface area contributed by atoms with Crippen molar-refractivity contribution in [3.05, 3.63) is 68.2 Å². The molecule has 2 aromatic rings. The Bertz CT molecular complexity index is 700. The molecule has 0 aliphatic rings. The molecule has 0 aliphatic heterocycles. The van der Waals surface area contributed by atoms with E-state index in [1.807, 2.05) is 0 Å². The number of carbonyl (C=O) groups excluding carboxylic acids is 1. The van der Waals surface area contributed by atoms with Gasteiger partial charge in [0.25, 0.3) is 5.69 Å². The van der Waals surface area contributed by atoms with E-state index in [1.165, 1.54) is 13.0 Å². The van der Waals surface area contributed by atoms with Gasteiger partial charge in [0.15, 0.2) is 5.78 Å². The molecule has 0 heterocycles. The molecule has 108 valence electrons. The third kappa shape index (κ3) is 3.66. The molecule has 2 rings (SSSR count). The molecule has 6 heteroatoms. The fourth-order valence-electron chi connectivity index (χ4n) is 1.78. The van der Waals surface area contributed by atoms with Crippen LogP contribution in [-0.4, -0.2) is 10.7 Å². The first-order valence-corrected chi connectivity index (χ1v) is 6.94. The molecule has 0 atom stereocenters. The summed E-state index contributed by atoms with van der Waals surface area (Å²) in [5, 5.41) is 10.9. The van der Waals surface area contributed by atoms with Gasteiger partial charge in [0.05, 0.1) is 4.92 Å². The van der Waals surface area contributed by atoms with Crippen molar-refractivity contribution in [2.45, 2.75) is 13.5 Å². The highest BCUT2D eigenvalue weighted by molar-refractivity contribution is 9.10. The molecule has 0 saturated heterocycles. The molecule has 0 unspecified atom stereocenters. The van der Waals surface area contributed by atoms with Gasteiger partial charge in [0.1, 0.15) is 16.8 Å². The maximum atomic E-state index is 11.3. The second kappa shape index (κ2) is 6.49. The Morgan fingerprint density at radius 3 is 2.67 bits per heavy atom. The first-order valence-electron chi connectivity index (χ1n) is 6.14. The Hall–Kier alpha value is -2.21. The lowest BCUT2D eigenvalue weighted by molar-refractivity contribution is -0.385. The molecule has 5 nitrogen and oxygen atoms in total. The van der Waals surface area contributed by atoms with Gasteiger partial charge in [0, 0.05) is 17.2 Å². The number of benzene rings is 2. The first kappa shape index (κ1) is 15.2. The van der Waals surface area contributed by atoms with Crippen molar-refractivity contribution in [3.63, 3.8) is 0 Å². The van der Waals surface area contributed by atoms with Crippen molar-refractivity contribution >= 4 is 27.4 Å². The monoisotopic (exact) mass is 349 g/mol. The summed E-state index contributed by atoms with van der Waals surface area (Å²) in [7, 11) is 0. The standard InChI is InChI=1S/C15H12BrNO4/c1-10(18)11-4-2-6-13(8-11)21-9-12-5-3-7-14(15(12)16)17(19)20/h2-8H,9H2,1H3. The van der Waals surface area contributed by atoms with Crippen molar-refractivity contribution < 1.29 is 14.5 Å². The van der Waals surface area contributed by atoms with E-state index in [-0.39, 0.29) is 18.1 Å². The number of carbonyl (C=O) groups is 1. The largest absolute Gasteiger partial charge is 0.489 e. The van der Waals surface area contributed by atoms with Gasteiger partial charge in [0.2, 0.25) is 0 Å². The molecule has 0 bridgehead atoms. The number of Topliss-reactive ketones (excluding diaryl/α,β-unsaturated/α-hetero) is 1. The zero-order valence-corrected chi connectivity index (χ0v) is 12.8. The summed E-state index contributed by atoms with van der Waals surface area (Å²) in [6.45, 7) is 1.65. The normalized spacial score (nSPS) is 10.2. The smallest absolute Gasteiger partial charge is 0.283 e. The minimum absolute atomic E-state index is 0.00594. The van der Waals surface area contributed by atoms with Crippen LogP contribution < -0.4 is 4.74 Å². The van der Waals surface area contributed by atoms with Crippen LogP contribution in [-0.2, 0) is 6.61 Å². The van der Waals surface area contributed by atoms with E-state index in [1.54, 1.807) is 36.4 Å². The number of ketones is 1. The number of hydrogen-bond acceptors (Lipinski definition) is 4.